The quantitative estimate of drug-likeness (QED) is 0.755. The predicted octanol–water partition coefficient (Wildman–Crippen LogP) is 1.38. The van der Waals surface area contributed by atoms with Crippen molar-refractivity contribution in [2.45, 2.75) is 26.4 Å². The number of morpholine rings is 1. The summed E-state index contributed by atoms with van der Waals surface area (Å²) in [5.41, 5.74) is 1.23. The monoisotopic (exact) mass is 249 g/mol. The molecule has 18 heavy (non-hydrogen) atoms. The fourth-order valence-corrected chi connectivity index (χ4v) is 2.20. The Morgan fingerprint density at radius 1 is 1.56 bits per heavy atom. The molecule has 0 saturated carbocycles. The zero-order valence-electron chi connectivity index (χ0n) is 10.9. The summed E-state index contributed by atoms with van der Waals surface area (Å²) in [4.78, 5) is 21.8. The van der Waals surface area contributed by atoms with Gasteiger partial charge in [-0.2, -0.15) is 0 Å². The summed E-state index contributed by atoms with van der Waals surface area (Å²) in [5, 5.41) is 0. The average molecular weight is 249 g/mol. The first kappa shape index (κ1) is 13.1. The van der Waals surface area contributed by atoms with Crippen LogP contribution in [-0.2, 0) is 4.74 Å². The third-order valence-corrected chi connectivity index (χ3v) is 2.99. The Morgan fingerprint density at radius 3 is 3.11 bits per heavy atom. The van der Waals surface area contributed by atoms with Crippen LogP contribution in [0.3, 0.4) is 0 Å². The number of rotatable bonds is 4. The van der Waals surface area contributed by atoms with Crippen molar-refractivity contribution in [2.24, 2.45) is 0 Å². The maximum absolute atomic E-state index is 10.8. The van der Waals surface area contributed by atoms with E-state index in [1.165, 1.54) is 0 Å². The lowest BCUT2D eigenvalue weighted by molar-refractivity contribution is -0.0343. The van der Waals surface area contributed by atoms with Crippen molar-refractivity contribution in [1.29, 1.82) is 0 Å². The second kappa shape index (κ2) is 6.02. The second-order valence-electron chi connectivity index (χ2n) is 4.57. The maximum Gasteiger partial charge on any atom is 0.168 e. The van der Waals surface area contributed by atoms with Crippen LogP contribution >= 0.6 is 0 Å². The highest BCUT2D eigenvalue weighted by molar-refractivity contribution is 5.71. The van der Waals surface area contributed by atoms with Crippen molar-refractivity contribution in [3.8, 4) is 0 Å². The van der Waals surface area contributed by atoms with E-state index >= 15 is 0 Å². The number of hydrogen-bond donors (Lipinski definition) is 0. The van der Waals surface area contributed by atoms with Gasteiger partial charge in [0.15, 0.2) is 12.1 Å². The third kappa shape index (κ3) is 3.11. The first-order valence-electron chi connectivity index (χ1n) is 6.37. The van der Waals surface area contributed by atoms with E-state index in [-0.39, 0.29) is 6.10 Å². The molecule has 1 unspecified atom stereocenters. The molecule has 1 atom stereocenters. The minimum Gasteiger partial charge on any atom is -0.368 e. The van der Waals surface area contributed by atoms with Gasteiger partial charge in [0.2, 0.25) is 0 Å². The van der Waals surface area contributed by atoms with E-state index in [0.717, 1.165) is 38.0 Å². The van der Waals surface area contributed by atoms with Gasteiger partial charge in [0, 0.05) is 18.8 Å². The summed E-state index contributed by atoms with van der Waals surface area (Å²) < 4.78 is 5.71. The number of aryl methyl sites for hydroxylation is 1. The number of nitrogens with zero attached hydrogens (tertiary/aromatic N) is 3. The van der Waals surface area contributed by atoms with Gasteiger partial charge in [-0.1, -0.05) is 6.92 Å². The smallest absolute Gasteiger partial charge is 0.168 e. The number of carbonyl (C=O) groups excluding carboxylic acids is 1. The van der Waals surface area contributed by atoms with Gasteiger partial charge in [0.25, 0.3) is 0 Å². The Kier molecular flexibility index (Phi) is 4.38. The molecule has 2 rings (SSSR count). The van der Waals surface area contributed by atoms with E-state index in [2.05, 4.69) is 21.8 Å². The molecule has 1 fully saturated rings. The molecule has 1 aromatic rings. The number of carbonyl (C=O) groups is 1. The lowest BCUT2D eigenvalue weighted by Crippen LogP contribution is -2.39. The Hall–Kier alpha value is -1.33. The molecule has 1 aliphatic rings. The summed E-state index contributed by atoms with van der Waals surface area (Å²) in [6.07, 6.45) is 1.76. The topological polar surface area (TPSA) is 55.3 Å². The van der Waals surface area contributed by atoms with E-state index in [1.54, 1.807) is 6.07 Å². The Labute approximate surface area is 107 Å². The van der Waals surface area contributed by atoms with Gasteiger partial charge in [-0.3, -0.25) is 9.69 Å². The normalized spacial score (nSPS) is 20.9. The highest BCUT2D eigenvalue weighted by Gasteiger charge is 2.24. The molecule has 98 valence electrons. The molecule has 1 saturated heterocycles. The molecule has 0 radical (unpaired) electrons. The molecule has 0 aliphatic carbocycles. The van der Waals surface area contributed by atoms with Crippen LogP contribution in [0, 0.1) is 6.92 Å². The lowest BCUT2D eigenvalue weighted by atomic mass is 10.2. The van der Waals surface area contributed by atoms with E-state index in [9.17, 15) is 4.79 Å². The summed E-state index contributed by atoms with van der Waals surface area (Å²) in [5.74, 6) is 0.623. The molecule has 1 aliphatic heterocycles. The first-order valence-corrected chi connectivity index (χ1v) is 6.37. The summed E-state index contributed by atoms with van der Waals surface area (Å²) in [6.45, 7) is 7.54. The molecule has 0 aromatic carbocycles. The fraction of sp³-hybridized carbons (Fsp3) is 0.615. The molecule has 0 bridgehead atoms. The van der Waals surface area contributed by atoms with Crippen LogP contribution in [-0.4, -0.2) is 47.4 Å². The van der Waals surface area contributed by atoms with Crippen molar-refractivity contribution in [3.05, 3.63) is 23.3 Å². The molecule has 2 heterocycles. The number of aldehydes is 1. The molecule has 0 N–H and O–H groups in total. The molecule has 5 heteroatoms. The van der Waals surface area contributed by atoms with Crippen molar-refractivity contribution >= 4 is 6.29 Å². The fourth-order valence-electron chi connectivity index (χ4n) is 2.20. The largest absolute Gasteiger partial charge is 0.368 e. The van der Waals surface area contributed by atoms with Gasteiger partial charge in [0.1, 0.15) is 11.8 Å². The van der Waals surface area contributed by atoms with Crippen molar-refractivity contribution in [2.75, 3.05) is 26.2 Å². The summed E-state index contributed by atoms with van der Waals surface area (Å²) >= 11 is 0. The van der Waals surface area contributed by atoms with Crippen molar-refractivity contribution < 1.29 is 9.53 Å². The molecule has 5 nitrogen and oxygen atoms in total. The van der Waals surface area contributed by atoms with Crippen LogP contribution in [0.1, 0.15) is 41.5 Å². The molecule has 0 amide bonds. The Balaban J connectivity index is 2.14. The van der Waals surface area contributed by atoms with Crippen LogP contribution in [0.4, 0.5) is 0 Å². The van der Waals surface area contributed by atoms with Gasteiger partial charge in [-0.05, 0) is 26.0 Å². The van der Waals surface area contributed by atoms with Crippen LogP contribution in [0.25, 0.3) is 0 Å². The molecule has 1 aromatic heterocycles. The van der Waals surface area contributed by atoms with E-state index in [4.69, 9.17) is 4.74 Å². The average Bonchev–Trinajstić information content (AvgIpc) is 2.39. The summed E-state index contributed by atoms with van der Waals surface area (Å²) in [6, 6.07) is 1.68. The highest BCUT2D eigenvalue weighted by atomic mass is 16.5. The Morgan fingerprint density at radius 2 is 2.39 bits per heavy atom. The zero-order chi connectivity index (χ0) is 13.0. The molecule has 0 spiro atoms. The second-order valence-corrected chi connectivity index (χ2v) is 4.57. The van der Waals surface area contributed by atoms with E-state index in [1.807, 2.05) is 6.92 Å². The van der Waals surface area contributed by atoms with Gasteiger partial charge in [-0.25, -0.2) is 9.97 Å². The van der Waals surface area contributed by atoms with Crippen LogP contribution in [0.15, 0.2) is 6.07 Å². The number of hydrogen-bond acceptors (Lipinski definition) is 5. The van der Waals surface area contributed by atoms with E-state index in [0.29, 0.717) is 18.1 Å². The standard InChI is InChI=1S/C13H19N3O2/c1-3-4-16-5-6-18-12(8-16)13-14-10(2)7-11(9-17)15-13/h7,9,12H,3-6,8H2,1-2H3. The van der Waals surface area contributed by atoms with Gasteiger partial charge < -0.3 is 4.74 Å². The maximum atomic E-state index is 10.8. The van der Waals surface area contributed by atoms with Gasteiger partial charge in [-0.15, -0.1) is 0 Å². The summed E-state index contributed by atoms with van der Waals surface area (Å²) in [7, 11) is 0. The zero-order valence-corrected chi connectivity index (χ0v) is 10.9. The number of aromatic nitrogens is 2. The predicted molar refractivity (Wildman–Crippen MR) is 67.6 cm³/mol. The Bertz CT molecular complexity index is 421. The van der Waals surface area contributed by atoms with Crippen molar-refractivity contribution in [1.82, 2.24) is 14.9 Å². The van der Waals surface area contributed by atoms with Crippen LogP contribution < -0.4 is 0 Å². The highest BCUT2D eigenvalue weighted by Crippen LogP contribution is 2.19. The van der Waals surface area contributed by atoms with Crippen LogP contribution in [0.2, 0.25) is 0 Å². The molecular weight excluding hydrogens is 230 g/mol. The van der Waals surface area contributed by atoms with Gasteiger partial charge in [0.05, 0.1) is 6.61 Å². The third-order valence-electron chi connectivity index (χ3n) is 2.99. The van der Waals surface area contributed by atoms with Crippen LogP contribution in [0.5, 0.6) is 0 Å². The van der Waals surface area contributed by atoms with Crippen molar-refractivity contribution in [3.63, 3.8) is 0 Å². The SMILES string of the molecule is CCCN1CCOC(c2nc(C)cc(C=O)n2)C1. The first-order chi connectivity index (χ1) is 8.72. The lowest BCUT2D eigenvalue weighted by Gasteiger charge is -2.31. The van der Waals surface area contributed by atoms with Gasteiger partial charge >= 0.3 is 0 Å². The number of ether oxygens (including phenoxy) is 1. The van der Waals surface area contributed by atoms with E-state index < -0.39 is 0 Å². The minimum absolute atomic E-state index is 0.121. The molecular formula is C13H19N3O2. The minimum atomic E-state index is -0.121.